The number of rotatable bonds is 7. The zero-order chi connectivity index (χ0) is 17.5. The number of hydrogen-bond acceptors (Lipinski definition) is 6. The Balaban J connectivity index is 1.70. The van der Waals surface area contributed by atoms with Crippen molar-refractivity contribution in [2.45, 2.75) is 13.0 Å². The van der Waals surface area contributed by atoms with Crippen molar-refractivity contribution in [3.8, 4) is 0 Å². The molecule has 126 valence electrons. The summed E-state index contributed by atoms with van der Waals surface area (Å²) < 4.78 is 5.00. The van der Waals surface area contributed by atoms with E-state index in [9.17, 15) is 19.7 Å². The minimum Gasteiger partial charge on any atom is -0.461 e. The number of carbonyl (C=O) groups is 2. The molecule has 0 unspecified atom stereocenters. The number of nitrogens with one attached hydrogen (secondary N) is 1. The first-order chi connectivity index (χ1) is 11.5. The molecule has 0 spiro atoms. The van der Waals surface area contributed by atoms with Gasteiger partial charge in [0.05, 0.1) is 11.3 Å². The Morgan fingerprint density at radius 1 is 1.29 bits per heavy atom. The third-order valence-electron chi connectivity index (χ3n) is 2.94. The van der Waals surface area contributed by atoms with Crippen LogP contribution in [0.5, 0.6) is 0 Å². The van der Waals surface area contributed by atoms with E-state index in [1.165, 1.54) is 6.07 Å². The number of carbonyl (C=O) groups excluding carboxylic acids is 2. The van der Waals surface area contributed by atoms with E-state index in [1.54, 1.807) is 29.6 Å². The molecule has 0 aliphatic carbocycles. The molecule has 0 radical (unpaired) electrons. The van der Waals surface area contributed by atoms with Crippen molar-refractivity contribution in [1.82, 2.24) is 5.32 Å². The molecule has 1 amide bonds. The van der Waals surface area contributed by atoms with Gasteiger partial charge in [-0.05, 0) is 24.3 Å². The van der Waals surface area contributed by atoms with Crippen molar-refractivity contribution < 1.29 is 19.2 Å². The SMILES string of the molecule is O=C(CCNC(=O)c1ccc(Cl)cc1)OCc1csc([N+](=O)[O-])c1. The molecular weight excluding hydrogens is 356 g/mol. The maximum Gasteiger partial charge on any atom is 0.324 e. The van der Waals surface area contributed by atoms with Crippen LogP contribution in [0.1, 0.15) is 22.3 Å². The third kappa shape index (κ3) is 5.32. The number of thiophene rings is 1. The molecule has 1 aromatic heterocycles. The van der Waals surface area contributed by atoms with Crippen LogP contribution in [0, 0.1) is 10.1 Å². The summed E-state index contributed by atoms with van der Waals surface area (Å²) in [4.78, 5) is 33.5. The highest BCUT2D eigenvalue weighted by molar-refractivity contribution is 7.13. The Labute approximate surface area is 146 Å². The van der Waals surface area contributed by atoms with Crippen molar-refractivity contribution in [1.29, 1.82) is 0 Å². The normalized spacial score (nSPS) is 10.2. The molecule has 24 heavy (non-hydrogen) atoms. The number of ether oxygens (including phenoxy) is 1. The zero-order valence-electron chi connectivity index (χ0n) is 12.4. The smallest absolute Gasteiger partial charge is 0.324 e. The van der Waals surface area contributed by atoms with Gasteiger partial charge in [0.25, 0.3) is 5.91 Å². The maximum atomic E-state index is 11.8. The molecule has 0 saturated heterocycles. The van der Waals surface area contributed by atoms with Crippen molar-refractivity contribution in [2.75, 3.05) is 6.54 Å². The molecule has 0 fully saturated rings. The molecule has 0 aliphatic rings. The second kappa shape index (κ2) is 8.42. The molecule has 1 heterocycles. The van der Waals surface area contributed by atoms with E-state index in [1.807, 2.05) is 0 Å². The first-order valence-electron chi connectivity index (χ1n) is 6.87. The molecule has 2 aromatic rings. The van der Waals surface area contributed by atoms with Crippen LogP contribution in [0.2, 0.25) is 5.02 Å². The fourth-order valence-electron chi connectivity index (χ4n) is 1.75. The van der Waals surface area contributed by atoms with E-state index in [4.69, 9.17) is 16.3 Å². The van der Waals surface area contributed by atoms with Gasteiger partial charge < -0.3 is 10.1 Å². The van der Waals surface area contributed by atoms with Gasteiger partial charge in [-0.1, -0.05) is 22.9 Å². The molecule has 0 bridgehead atoms. The molecule has 9 heteroatoms. The average Bonchev–Trinajstić information content (AvgIpc) is 3.03. The van der Waals surface area contributed by atoms with Gasteiger partial charge in [0.2, 0.25) is 0 Å². The highest BCUT2D eigenvalue weighted by atomic mass is 35.5. The van der Waals surface area contributed by atoms with Crippen molar-refractivity contribution in [2.24, 2.45) is 0 Å². The van der Waals surface area contributed by atoms with E-state index in [2.05, 4.69) is 5.32 Å². The summed E-state index contributed by atoms with van der Waals surface area (Å²) in [5, 5.41) is 15.2. The lowest BCUT2D eigenvalue weighted by molar-refractivity contribution is -0.380. The molecule has 0 atom stereocenters. The van der Waals surface area contributed by atoms with Gasteiger partial charge in [0.1, 0.15) is 6.61 Å². The summed E-state index contributed by atoms with van der Waals surface area (Å²) in [7, 11) is 0. The lowest BCUT2D eigenvalue weighted by Gasteiger charge is -2.06. The fraction of sp³-hybridized carbons (Fsp3) is 0.200. The number of hydrogen-bond donors (Lipinski definition) is 1. The first-order valence-corrected chi connectivity index (χ1v) is 8.12. The third-order valence-corrected chi connectivity index (χ3v) is 4.12. The molecule has 1 N–H and O–H groups in total. The summed E-state index contributed by atoms with van der Waals surface area (Å²) in [6.07, 6.45) is 0.00552. The van der Waals surface area contributed by atoms with Gasteiger partial charge in [0, 0.05) is 34.1 Å². The first kappa shape index (κ1) is 17.9. The predicted octanol–water partition coefficient (Wildman–Crippen LogP) is 3.17. The number of amides is 1. The molecule has 0 saturated carbocycles. The molecule has 2 rings (SSSR count). The van der Waals surface area contributed by atoms with E-state index in [0.29, 0.717) is 16.1 Å². The van der Waals surface area contributed by atoms with Crippen molar-refractivity contribution in [3.05, 3.63) is 62.0 Å². The fourth-order valence-corrected chi connectivity index (χ4v) is 2.59. The van der Waals surface area contributed by atoms with Crippen LogP contribution in [0.3, 0.4) is 0 Å². The number of halogens is 1. The summed E-state index contributed by atoms with van der Waals surface area (Å²) in [6, 6.07) is 7.73. The topological polar surface area (TPSA) is 98.5 Å². The van der Waals surface area contributed by atoms with E-state index in [-0.39, 0.29) is 30.5 Å². The Morgan fingerprint density at radius 3 is 2.62 bits per heavy atom. The highest BCUT2D eigenvalue weighted by Crippen LogP contribution is 2.23. The second-order valence-electron chi connectivity index (χ2n) is 4.72. The van der Waals surface area contributed by atoms with Crippen molar-refractivity contribution in [3.63, 3.8) is 0 Å². The van der Waals surface area contributed by atoms with Crippen LogP contribution in [-0.4, -0.2) is 23.3 Å². The predicted molar refractivity (Wildman–Crippen MR) is 89.2 cm³/mol. The van der Waals surface area contributed by atoms with Crippen LogP contribution in [0.4, 0.5) is 5.00 Å². The number of nitrogens with zero attached hydrogens (tertiary/aromatic N) is 1. The van der Waals surface area contributed by atoms with Gasteiger partial charge >= 0.3 is 11.0 Å². The van der Waals surface area contributed by atoms with Crippen LogP contribution in [-0.2, 0) is 16.1 Å². The summed E-state index contributed by atoms with van der Waals surface area (Å²) >= 11 is 6.71. The summed E-state index contributed by atoms with van der Waals surface area (Å²) in [6.45, 7) is 0.0956. The highest BCUT2D eigenvalue weighted by Gasteiger charge is 2.12. The average molecular weight is 369 g/mol. The lowest BCUT2D eigenvalue weighted by atomic mass is 10.2. The van der Waals surface area contributed by atoms with Gasteiger partial charge in [0.15, 0.2) is 0 Å². The summed E-state index contributed by atoms with van der Waals surface area (Å²) in [5.74, 6) is -0.812. The quantitative estimate of drug-likeness (QED) is 0.459. The number of esters is 1. The Hall–Kier alpha value is -2.45. The van der Waals surface area contributed by atoms with Crippen LogP contribution in [0.25, 0.3) is 0 Å². The van der Waals surface area contributed by atoms with Gasteiger partial charge in [-0.2, -0.15) is 0 Å². The lowest BCUT2D eigenvalue weighted by Crippen LogP contribution is -2.26. The second-order valence-corrected chi connectivity index (χ2v) is 6.05. The van der Waals surface area contributed by atoms with Crippen LogP contribution in [0.15, 0.2) is 35.7 Å². The minimum atomic E-state index is -0.500. The minimum absolute atomic E-state index is 0.00345. The van der Waals surface area contributed by atoms with Gasteiger partial charge in [-0.15, -0.1) is 0 Å². The van der Waals surface area contributed by atoms with Crippen LogP contribution >= 0.6 is 22.9 Å². The Bertz CT molecular complexity index is 745. The standard InChI is InChI=1S/C15H13ClN2O5S/c16-12-3-1-11(2-4-12)15(20)17-6-5-14(19)23-8-10-7-13(18(21)22)24-9-10/h1-4,7,9H,5-6,8H2,(H,17,20). The van der Waals surface area contributed by atoms with E-state index < -0.39 is 10.9 Å². The van der Waals surface area contributed by atoms with E-state index in [0.717, 1.165) is 11.3 Å². The van der Waals surface area contributed by atoms with Gasteiger partial charge in [-0.3, -0.25) is 19.7 Å². The molecule has 1 aromatic carbocycles. The number of nitro groups is 1. The monoisotopic (exact) mass is 368 g/mol. The molecular formula is C15H13ClN2O5S. The number of benzene rings is 1. The molecule has 0 aliphatic heterocycles. The Morgan fingerprint density at radius 2 is 2.00 bits per heavy atom. The van der Waals surface area contributed by atoms with Crippen LogP contribution < -0.4 is 5.32 Å². The Kier molecular flexibility index (Phi) is 6.28. The van der Waals surface area contributed by atoms with E-state index >= 15 is 0 Å². The summed E-state index contributed by atoms with van der Waals surface area (Å²) in [5.41, 5.74) is 1.00. The van der Waals surface area contributed by atoms with Gasteiger partial charge in [-0.25, -0.2) is 0 Å². The largest absolute Gasteiger partial charge is 0.461 e. The zero-order valence-corrected chi connectivity index (χ0v) is 13.9. The molecule has 7 nitrogen and oxygen atoms in total. The maximum absolute atomic E-state index is 11.8. The van der Waals surface area contributed by atoms with Crippen molar-refractivity contribution >= 4 is 39.8 Å².